The number of rotatable bonds is 6. The molecule has 0 aliphatic heterocycles. The van der Waals surface area contributed by atoms with Crippen molar-refractivity contribution in [2.75, 3.05) is 6.54 Å². The number of benzene rings is 1. The lowest BCUT2D eigenvalue weighted by molar-refractivity contribution is 0.0691. The number of carboxylic acids is 1. The highest BCUT2D eigenvalue weighted by Gasteiger charge is 2.15. The number of hydrogen-bond donors (Lipinski definition) is 3. The molecule has 0 aliphatic rings. The monoisotopic (exact) mass is 287 g/mol. The normalized spacial score (nSPS) is 10.3. The Kier molecular flexibility index (Phi) is 4.71. The van der Waals surface area contributed by atoms with Gasteiger partial charge in [0, 0.05) is 12.2 Å². The van der Waals surface area contributed by atoms with E-state index in [9.17, 15) is 9.59 Å². The van der Waals surface area contributed by atoms with Gasteiger partial charge in [0.1, 0.15) is 0 Å². The average molecular weight is 287 g/mol. The van der Waals surface area contributed by atoms with Crippen molar-refractivity contribution in [2.45, 2.75) is 19.8 Å². The summed E-state index contributed by atoms with van der Waals surface area (Å²) in [5.74, 6) is -1.47. The number of carbonyl (C=O) groups excluding carboxylic acids is 1. The van der Waals surface area contributed by atoms with Crippen molar-refractivity contribution in [1.29, 1.82) is 0 Å². The number of H-pyrrole nitrogens is 1. The highest BCUT2D eigenvalue weighted by atomic mass is 16.4. The quantitative estimate of drug-likeness (QED) is 0.706. The van der Waals surface area contributed by atoms with Gasteiger partial charge in [-0.05, 0) is 37.5 Å². The van der Waals surface area contributed by atoms with E-state index in [-0.39, 0.29) is 17.0 Å². The van der Waals surface area contributed by atoms with E-state index >= 15 is 0 Å². The van der Waals surface area contributed by atoms with Gasteiger partial charge in [-0.2, -0.15) is 5.10 Å². The lowest BCUT2D eigenvalue weighted by Crippen LogP contribution is -2.26. The second-order valence-electron chi connectivity index (χ2n) is 4.73. The highest BCUT2D eigenvalue weighted by molar-refractivity contribution is 6.04. The summed E-state index contributed by atoms with van der Waals surface area (Å²) >= 11 is 0. The van der Waals surface area contributed by atoms with Crippen molar-refractivity contribution in [1.82, 2.24) is 15.5 Å². The van der Waals surface area contributed by atoms with E-state index in [4.69, 9.17) is 5.11 Å². The van der Waals surface area contributed by atoms with E-state index in [1.54, 1.807) is 18.3 Å². The number of hydrogen-bond acceptors (Lipinski definition) is 3. The molecule has 0 radical (unpaired) electrons. The molecule has 6 heteroatoms. The van der Waals surface area contributed by atoms with Crippen molar-refractivity contribution in [3.8, 4) is 0 Å². The first-order valence-corrected chi connectivity index (χ1v) is 6.69. The topological polar surface area (TPSA) is 95.1 Å². The number of aromatic amines is 1. The Labute approximate surface area is 122 Å². The summed E-state index contributed by atoms with van der Waals surface area (Å²) in [5, 5.41) is 18.6. The minimum Gasteiger partial charge on any atom is -0.478 e. The van der Waals surface area contributed by atoms with Crippen molar-refractivity contribution in [3.63, 3.8) is 0 Å². The fraction of sp³-hybridized carbons (Fsp3) is 0.267. The van der Waals surface area contributed by atoms with Crippen molar-refractivity contribution in [3.05, 3.63) is 52.8 Å². The molecule has 0 fully saturated rings. The molecule has 1 heterocycles. The predicted molar refractivity (Wildman–Crippen MR) is 77.4 cm³/mol. The summed E-state index contributed by atoms with van der Waals surface area (Å²) in [6, 6.07) is 6.18. The molecule has 21 heavy (non-hydrogen) atoms. The zero-order valence-electron chi connectivity index (χ0n) is 11.7. The lowest BCUT2D eigenvalue weighted by atomic mass is 10.1. The fourth-order valence-corrected chi connectivity index (χ4v) is 2.07. The number of nitrogens with one attached hydrogen (secondary N) is 2. The van der Waals surface area contributed by atoms with Crippen LogP contribution in [0.3, 0.4) is 0 Å². The Balaban J connectivity index is 1.88. The van der Waals surface area contributed by atoms with E-state index < -0.39 is 5.97 Å². The third-order valence-corrected chi connectivity index (χ3v) is 3.24. The molecule has 2 aromatic rings. The number of carbonyl (C=O) groups is 2. The second-order valence-corrected chi connectivity index (χ2v) is 4.73. The SMILES string of the molecule is Cc1[nH]ncc1CCCNC(=O)c1ccccc1C(=O)O. The third-order valence-electron chi connectivity index (χ3n) is 3.24. The molecule has 3 N–H and O–H groups in total. The van der Waals surface area contributed by atoms with Crippen LogP contribution in [0.15, 0.2) is 30.5 Å². The standard InChI is InChI=1S/C15H17N3O3/c1-10-11(9-17-18-10)5-4-8-16-14(19)12-6-2-3-7-13(12)15(20)21/h2-3,6-7,9H,4-5,8H2,1H3,(H,16,19)(H,17,18)(H,20,21). The summed E-state index contributed by atoms with van der Waals surface area (Å²) in [7, 11) is 0. The number of aromatic nitrogens is 2. The van der Waals surface area contributed by atoms with Crippen LogP contribution in [0.4, 0.5) is 0 Å². The molecule has 1 aromatic carbocycles. The van der Waals surface area contributed by atoms with Crippen LogP contribution in [-0.4, -0.2) is 33.7 Å². The van der Waals surface area contributed by atoms with Crippen LogP contribution in [0.5, 0.6) is 0 Å². The third kappa shape index (κ3) is 3.68. The first-order chi connectivity index (χ1) is 10.1. The number of amides is 1. The van der Waals surface area contributed by atoms with Crippen LogP contribution in [0.1, 0.15) is 38.4 Å². The molecule has 0 saturated heterocycles. The van der Waals surface area contributed by atoms with Gasteiger partial charge in [-0.1, -0.05) is 12.1 Å². The minimum atomic E-state index is -1.10. The van der Waals surface area contributed by atoms with Gasteiger partial charge in [0.15, 0.2) is 0 Å². The molecular formula is C15H17N3O3. The van der Waals surface area contributed by atoms with Gasteiger partial charge in [-0.25, -0.2) is 4.79 Å². The zero-order chi connectivity index (χ0) is 15.2. The van der Waals surface area contributed by atoms with Crippen LogP contribution in [0, 0.1) is 6.92 Å². The predicted octanol–water partition coefficient (Wildman–Crippen LogP) is 1.78. The van der Waals surface area contributed by atoms with E-state index in [1.165, 1.54) is 12.1 Å². The van der Waals surface area contributed by atoms with Crippen LogP contribution in [-0.2, 0) is 6.42 Å². The van der Waals surface area contributed by atoms with Gasteiger partial charge in [0.2, 0.25) is 0 Å². The average Bonchev–Trinajstić information content (AvgIpc) is 2.88. The highest BCUT2D eigenvalue weighted by Crippen LogP contribution is 2.09. The molecule has 1 amide bonds. The summed E-state index contributed by atoms with van der Waals surface area (Å²) in [6.07, 6.45) is 3.35. The number of carboxylic acid groups (broad SMARTS) is 1. The van der Waals surface area contributed by atoms with Crippen molar-refractivity contribution < 1.29 is 14.7 Å². The summed E-state index contributed by atoms with van der Waals surface area (Å²) < 4.78 is 0. The van der Waals surface area contributed by atoms with E-state index in [0.29, 0.717) is 6.54 Å². The van der Waals surface area contributed by atoms with Gasteiger partial charge in [0.05, 0.1) is 17.3 Å². The lowest BCUT2D eigenvalue weighted by Gasteiger charge is -2.07. The summed E-state index contributed by atoms with van der Waals surface area (Å²) in [6.45, 7) is 2.43. The number of nitrogens with zero attached hydrogens (tertiary/aromatic N) is 1. The number of aromatic carboxylic acids is 1. The molecule has 0 unspecified atom stereocenters. The second kappa shape index (κ2) is 6.69. The first kappa shape index (κ1) is 14.8. The van der Waals surface area contributed by atoms with Crippen LogP contribution >= 0.6 is 0 Å². The van der Waals surface area contributed by atoms with Crippen LogP contribution in [0.2, 0.25) is 0 Å². The van der Waals surface area contributed by atoms with Gasteiger partial charge in [-0.3, -0.25) is 9.89 Å². The molecule has 0 bridgehead atoms. The van der Waals surface area contributed by atoms with E-state index in [2.05, 4.69) is 15.5 Å². The van der Waals surface area contributed by atoms with E-state index in [0.717, 1.165) is 24.1 Å². The van der Waals surface area contributed by atoms with Crippen LogP contribution in [0.25, 0.3) is 0 Å². The molecule has 0 spiro atoms. The maximum absolute atomic E-state index is 12.0. The Bertz CT molecular complexity index is 649. The van der Waals surface area contributed by atoms with Gasteiger partial charge < -0.3 is 10.4 Å². The van der Waals surface area contributed by atoms with Crippen molar-refractivity contribution >= 4 is 11.9 Å². The molecule has 6 nitrogen and oxygen atoms in total. The van der Waals surface area contributed by atoms with Gasteiger partial charge >= 0.3 is 5.97 Å². The largest absolute Gasteiger partial charge is 0.478 e. The smallest absolute Gasteiger partial charge is 0.336 e. The molecule has 110 valence electrons. The Hall–Kier alpha value is -2.63. The Morgan fingerprint density at radius 2 is 2.00 bits per heavy atom. The Morgan fingerprint density at radius 1 is 1.29 bits per heavy atom. The maximum Gasteiger partial charge on any atom is 0.336 e. The minimum absolute atomic E-state index is 0.0145. The number of aryl methyl sites for hydroxylation is 2. The molecule has 1 aromatic heterocycles. The molecule has 0 atom stereocenters. The Morgan fingerprint density at radius 3 is 2.62 bits per heavy atom. The van der Waals surface area contributed by atoms with Gasteiger partial charge in [-0.15, -0.1) is 0 Å². The van der Waals surface area contributed by atoms with Crippen LogP contribution < -0.4 is 5.32 Å². The first-order valence-electron chi connectivity index (χ1n) is 6.69. The molecular weight excluding hydrogens is 270 g/mol. The summed E-state index contributed by atoms with van der Waals surface area (Å²) in [5.41, 5.74) is 2.35. The maximum atomic E-state index is 12.0. The molecule has 0 saturated carbocycles. The molecule has 2 rings (SSSR count). The van der Waals surface area contributed by atoms with E-state index in [1.807, 2.05) is 6.92 Å². The fourth-order valence-electron chi connectivity index (χ4n) is 2.07. The van der Waals surface area contributed by atoms with Crippen molar-refractivity contribution in [2.24, 2.45) is 0 Å². The summed E-state index contributed by atoms with van der Waals surface area (Å²) in [4.78, 5) is 23.1. The zero-order valence-corrected chi connectivity index (χ0v) is 11.7. The van der Waals surface area contributed by atoms with Gasteiger partial charge in [0.25, 0.3) is 5.91 Å². The molecule has 0 aliphatic carbocycles.